The van der Waals surface area contributed by atoms with Crippen LogP contribution in [0, 0.1) is 5.82 Å². The Bertz CT molecular complexity index is 357. The van der Waals surface area contributed by atoms with Gasteiger partial charge in [0, 0.05) is 12.5 Å². The first-order valence-electron chi connectivity index (χ1n) is 3.99. The van der Waals surface area contributed by atoms with Gasteiger partial charge in [-0.3, -0.25) is 4.79 Å². The van der Waals surface area contributed by atoms with E-state index >= 15 is 0 Å². The number of primary amides is 1. The molecule has 4 N–H and O–H groups in total. The van der Waals surface area contributed by atoms with Crippen LogP contribution in [0.2, 0.25) is 0 Å². The maximum Gasteiger partial charge on any atom is 0.219 e. The molecule has 0 aliphatic rings. The smallest absolute Gasteiger partial charge is 0.219 e. The summed E-state index contributed by atoms with van der Waals surface area (Å²) in [5.74, 6) is -0.835. The van der Waals surface area contributed by atoms with E-state index < -0.39 is 11.9 Å². The molecule has 1 aromatic carbocycles. The third kappa shape index (κ3) is 2.78. The summed E-state index contributed by atoms with van der Waals surface area (Å²) in [6.45, 7) is 0. The van der Waals surface area contributed by atoms with Gasteiger partial charge in [-0.15, -0.1) is 0 Å². The fraction of sp³-hybridized carbons (Fsp3) is 0.222. The highest BCUT2D eigenvalue weighted by atomic mass is 79.9. The number of carbonyl (C=O) groups is 1. The van der Waals surface area contributed by atoms with E-state index in [1.54, 1.807) is 6.07 Å². The summed E-state index contributed by atoms with van der Waals surface area (Å²) in [5.41, 5.74) is 11.3. The molecule has 0 aromatic heterocycles. The quantitative estimate of drug-likeness (QED) is 0.864. The minimum Gasteiger partial charge on any atom is -0.370 e. The molecule has 0 aliphatic carbocycles. The lowest BCUT2D eigenvalue weighted by Crippen LogP contribution is -2.20. The Kier molecular flexibility index (Phi) is 3.60. The zero-order chi connectivity index (χ0) is 10.7. The molecule has 3 nitrogen and oxygen atoms in total. The molecule has 0 radical (unpaired) electrons. The highest BCUT2D eigenvalue weighted by Gasteiger charge is 2.10. The van der Waals surface area contributed by atoms with Gasteiger partial charge in [0.05, 0.1) is 4.47 Å². The van der Waals surface area contributed by atoms with Crippen LogP contribution in [0.3, 0.4) is 0 Å². The van der Waals surface area contributed by atoms with Crippen molar-refractivity contribution in [2.75, 3.05) is 0 Å². The maximum absolute atomic E-state index is 12.8. The second kappa shape index (κ2) is 4.52. The van der Waals surface area contributed by atoms with Crippen LogP contribution in [0.4, 0.5) is 4.39 Å². The number of hydrogen-bond donors (Lipinski definition) is 2. The third-order valence-electron chi connectivity index (χ3n) is 1.79. The molecule has 0 spiro atoms. The van der Waals surface area contributed by atoms with Crippen molar-refractivity contribution < 1.29 is 9.18 Å². The Balaban J connectivity index is 2.85. The molecule has 1 atom stereocenters. The van der Waals surface area contributed by atoms with E-state index in [4.69, 9.17) is 11.5 Å². The van der Waals surface area contributed by atoms with Gasteiger partial charge in [-0.1, -0.05) is 6.07 Å². The van der Waals surface area contributed by atoms with E-state index in [-0.39, 0.29) is 12.2 Å². The van der Waals surface area contributed by atoms with E-state index in [0.717, 1.165) is 0 Å². The Morgan fingerprint density at radius 2 is 2.21 bits per heavy atom. The molecule has 14 heavy (non-hydrogen) atoms. The molecule has 5 heteroatoms. The number of nitrogens with two attached hydrogens (primary N) is 2. The van der Waals surface area contributed by atoms with Gasteiger partial charge in [-0.05, 0) is 33.6 Å². The zero-order valence-electron chi connectivity index (χ0n) is 7.34. The number of halogens is 2. The third-order valence-corrected chi connectivity index (χ3v) is 2.40. The molecule has 0 heterocycles. The minimum absolute atomic E-state index is 0.0536. The molecule has 0 aliphatic heterocycles. The summed E-state index contributed by atoms with van der Waals surface area (Å²) in [7, 11) is 0. The van der Waals surface area contributed by atoms with Crippen LogP contribution in [0.5, 0.6) is 0 Å². The molecule has 0 bridgehead atoms. The Morgan fingerprint density at radius 3 is 2.71 bits per heavy atom. The summed E-state index contributed by atoms with van der Waals surface area (Å²) in [6, 6.07) is 3.89. The number of rotatable bonds is 3. The van der Waals surface area contributed by atoms with Crippen LogP contribution >= 0.6 is 15.9 Å². The number of benzene rings is 1. The second-order valence-corrected chi connectivity index (χ2v) is 3.80. The molecule has 1 rings (SSSR count). The fourth-order valence-corrected chi connectivity index (χ4v) is 1.47. The van der Waals surface area contributed by atoms with Crippen molar-refractivity contribution in [1.82, 2.24) is 0 Å². The van der Waals surface area contributed by atoms with Crippen LogP contribution in [0.1, 0.15) is 18.0 Å². The lowest BCUT2D eigenvalue weighted by Gasteiger charge is -2.10. The van der Waals surface area contributed by atoms with E-state index in [1.165, 1.54) is 12.1 Å². The van der Waals surface area contributed by atoms with Crippen LogP contribution in [0.25, 0.3) is 0 Å². The van der Waals surface area contributed by atoms with Crippen molar-refractivity contribution in [1.29, 1.82) is 0 Å². The maximum atomic E-state index is 12.8. The fourth-order valence-electron chi connectivity index (χ4n) is 1.08. The SMILES string of the molecule is NC(=O)CC(N)c1ccc(F)c(Br)c1. The molecule has 1 aromatic rings. The summed E-state index contributed by atoms with van der Waals surface area (Å²) >= 11 is 3.03. The predicted molar refractivity (Wildman–Crippen MR) is 54.8 cm³/mol. The Labute approximate surface area is 89.4 Å². The predicted octanol–water partition coefficient (Wildman–Crippen LogP) is 1.46. The van der Waals surface area contributed by atoms with Gasteiger partial charge in [0.15, 0.2) is 0 Å². The van der Waals surface area contributed by atoms with Crippen LogP contribution in [-0.2, 0) is 4.79 Å². The number of amides is 1. The molecular formula is C9H10BrFN2O. The van der Waals surface area contributed by atoms with Gasteiger partial charge in [-0.25, -0.2) is 4.39 Å². The lowest BCUT2D eigenvalue weighted by molar-refractivity contribution is -0.118. The summed E-state index contributed by atoms with van der Waals surface area (Å²) in [5, 5.41) is 0. The number of carbonyl (C=O) groups excluding carboxylic acids is 1. The first-order valence-corrected chi connectivity index (χ1v) is 4.79. The monoisotopic (exact) mass is 260 g/mol. The van der Waals surface area contributed by atoms with Gasteiger partial charge in [0.25, 0.3) is 0 Å². The average molecular weight is 261 g/mol. The number of hydrogen-bond acceptors (Lipinski definition) is 2. The van der Waals surface area contributed by atoms with Crippen molar-refractivity contribution in [2.45, 2.75) is 12.5 Å². The first kappa shape index (κ1) is 11.1. The largest absolute Gasteiger partial charge is 0.370 e. The van der Waals surface area contributed by atoms with Gasteiger partial charge in [0.2, 0.25) is 5.91 Å². The minimum atomic E-state index is -0.482. The molecular weight excluding hydrogens is 251 g/mol. The molecule has 0 saturated carbocycles. The zero-order valence-corrected chi connectivity index (χ0v) is 8.92. The molecule has 76 valence electrons. The molecule has 1 unspecified atom stereocenters. The van der Waals surface area contributed by atoms with E-state index in [0.29, 0.717) is 10.0 Å². The molecule has 1 amide bonds. The van der Waals surface area contributed by atoms with Gasteiger partial charge in [-0.2, -0.15) is 0 Å². The highest BCUT2D eigenvalue weighted by Crippen LogP contribution is 2.21. The summed E-state index contributed by atoms with van der Waals surface area (Å²) in [4.78, 5) is 10.6. The van der Waals surface area contributed by atoms with Crippen LogP contribution in [0.15, 0.2) is 22.7 Å². The highest BCUT2D eigenvalue weighted by molar-refractivity contribution is 9.10. The van der Waals surface area contributed by atoms with Gasteiger partial charge in [0.1, 0.15) is 5.82 Å². The second-order valence-electron chi connectivity index (χ2n) is 2.95. The topological polar surface area (TPSA) is 69.1 Å². The van der Waals surface area contributed by atoms with Crippen molar-refractivity contribution >= 4 is 21.8 Å². The van der Waals surface area contributed by atoms with Crippen LogP contribution < -0.4 is 11.5 Å². The lowest BCUT2D eigenvalue weighted by atomic mass is 10.0. The average Bonchev–Trinajstić information content (AvgIpc) is 2.08. The van der Waals surface area contributed by atoms with Crippen LogP contribution in [-0.4, -0.2) is 5.91 Å². The molecule has 0 saturated heterocycles. The summed E-state index contributed by atoms with van der Waals surface area (Å²) < 4.78 is 13.2. The van der Waals surface area contributed by atoms with Crippen molar-refractivity contribution in [3.05, 3.63) is 34.1 Å². The van der Waals surface area contributed by atoms with Gasteiger partial charge < -0.3 is 11.5 Å². The standard InChI is InChI=1S/C9H10BrFN2O/c10-6-3-5(1-2-7(6)11)8(12)4-9(13)14/h1-3,8H,4,12H2,(H2,13,14). The Morgan fingerprint density at radius 1 is 1.57 bits per heavy atom. The Hall–Kier alpha value is -0.940. The van der Waals surface area contributed by atoms with Crippen molar-refractivity contribution in [3.8, 4) is 0 Å². The van der Waals surface area contributed by atoms with E-state index in [9.17, 15) is 9.18 Å². The van der Waals surface area contributed by atoms with Gasteiger partial charge >= 0.3 is 0 Å². The van der Waals surface area contributed by atoms with Crippen molar-refractivity contribution in [3.63, 3.8) is 0 Å². The van der Waals surface area contributed by atoms with E-state index in [2.05, 4.69) is 15.9 Å². The van der Waals surface area contributed by atoms with E-state index in [1.807, 2.05) is 0 Å². The normalized spacial score (nSPS) is 12.5. The first-order chi connectivity index (χ1) is 6.50. The van der Waals surface area contributed by atoms with Crippen molar-refractivity contribution in [2.24, 2.45) is 11.5 Å². The summed E-state index contributed by atoms with van der Waals surface area (Å²) in [6.07, 6.45) is 0.0536. The molecule has 0 fully saturated rings.